The van der Waals surface area contributed by atoms with Gasteiger partial charge in [-0.3, -0.25) is 14.5 Å². The van der Waals surface area contributed by atoms with Crippen molar-refractivity contribution < 1.29 is 14.0 Å². The van der Waals surface area contributed by atoms with Gasteiger partial charge in [-0.2, -0.15) is 0 Å². The van der Waals surface area contributed by atoms with Gasteiger partial charge in [0.1, 0.15) is 0 Å². The van der Waals surface area contributed by atoms with Crippen LogP contribution in [0.25, 0.3) is 0 Å². The Bertz CT molecular complexity index is 617. The summed E-state index contributed by atoms with van der Waals surface area (Å²) in [7, 11) is -1.91. The van der Waals surface area contributed by atoms with Gasteiger partial charge in [0.25, 0.3) is 5.91 Å². The van der Waals surface area contributed by atoms with Crippen molar-refractivity contribution in [2.24, 2.45) is 5.92 Å². The Morgan fingerprint density at radius 1 is 1.12 bits per heavy atom. The fraction of sp³-hybridized carbons (Fsp3) is 0.600. The summed E-state index contributed by atoms with van der Waals surface area (Å²) in [5.41, 5.74) is 1.01. The van der Waals surface area contributed by atoms with Gasteiger partial charge in [0.2, 0.25) is 5.91 Å². The molecule has 1 aliphatic heterocycles. The number of benzene rings is 1. The molecule has 1 aromatic rings. The summed E-state index contributed by atoms with van der Waals surface area (Å²) in [6, 6.07) is 12.6. The number of carbonyl (C=O) groups excluding carboxylic acids is 2. The fourth-order valence-electron chi connectivity index (χ4n) is 3.92. The van der Waals surface area contributed by atoms with Gasteiger partial charge < -0.3 is 4.43 Å². The molecule has 2 fully saturated rings. The monoisotopic (exact) mass is 359 g/mol. The van der Waals surface area contributed by atoms with Crippen molar-refractivity contribution in [3.05, 3.63) is 35.9 Å². The Morgan fingerprint density at radius 3 is 2.20 bits per heavy atom. The van der Waals surface area contributed by atoms with Crippen LogP contribution in [0.15, 0.2) is 30.3 Å². The molecule has 1 aliphatic carbocycles. The third-order valence-electron chi connectivity index (χ3n) is 6.19. The van der Waals surface area contributed by atoms with E-state index in [4.69, 9.17) is 4.43 Å². The van der Waals surface area contributed by atoms with Gasteiger partial charge >= 0.3 is 0 Å². The third kappa shape index (κ3) is 3.20. The molecule has 136 valence electrons. The molecule has 2 unspecified atom stereocenters. The van der Waals surface area contributed by atoms with Gasteiger partial charge in [0.05, 0.1) is 6.04 Å². The van der Waals surface area contributed by atoms with E-state index in [-0.39, 0.29) is 23.8 Å². The molecule has 4 nitrogen and oxygen atoms in total. The standard InChI is InChI=1S/C20H29NO3Si/c1-4-25(5-2,6-3)24-18-17(15-11-8-7-9-12-15)21(20(18)23)19(22)16-13-10-14-16/h7-9,11-12,16-18H,4-6,10,13-14H2,1-3H3. The maximum atomic E-state index is 12.9. The summed E-state index contributed by atoms with van der Waals surface area (Å²) < 4.78 is 6.51. The first-order valence-corrected chi connectivity index (χ1v) is 12.2. The van der Waals surface area contributed by atoms with E-state index in [1.807, 2.05) is 30.3 Å². The minimum Gasteiger partial charge on any atom is -0.403 e. The van der Waals surface area contributed by atoms with E-state index in [0.29, 0.717) is 0 Å². The van der Waals surface area contributed by atoms with Crippen molar-refractivity contribution in [3.8, 4) is 0 Å². The largest absolute Gasteiger partial charge is 0.403 e. The van der Waals surface area contributed by atoms with Crippen molar-refractivity contribution >= 4 is 20.1 Å². The van der Waals surface area contributed by atoms with Gasteiger partial charge in [0.15, 0.2) is 14.4 Å². The highest BCUT2D eigenvalue weighted by Gasteiger charge is 2.55. The second kappa shape index (κ2) is 7.42. The van der Waals surface area contributed by atoms with Crippen LogP contribution in [0.3, 0.4) is 0 Å². The zero-order chi connectivity index (χ0) is 18.0. The van der Waals surface area contributed by atoms with E-state index in [1.165, 1.54) is 4.90 Å². The van der Waals surface area contributed by atoms with Gasteiger partial charge in [-0.1, -0.05) is 57.5 Å². The molecule has 2 amide bonds. The Kier molecular flexibility index (Phi) is 5.44. The molecular formula is C20H29NO3Si. The first-order chi connectivity index (χ1) is 12.1. The van der Waals surface area contributed by atoms with Crippen LogP contribution >= 0.6 is 0 Å². The molecule has 0 bridgehead atoms. The summed E-state index contributed by atoms with van der Waals surface area (Å²) in [5, 5.41) is 0. The molecule has 3 rings (SSSR count). The number of β-lactam (4-membered cyclic amide) rings is 1. The van der Waals surface area contributed by atoms with Crippen molar-refractivity contribution in [1.29, 1.82) is 0 Å². The highest BCUT2D eigenvalue weighted by molar-refractivity contribution is 6.73. The maximum absolute atomic E-state index is 12.9. The predicted molar refractivity (Wildman–Crippen MR) is 100 cm³/mol. The van der Waals surface area contributed by atoms with Crippen LogP contribution in [0.2, 0.25) is 18.1 Å². The lowest BCUT2D eigenvalue weighted by Crippen LogP contribution is -2.65. The number of likely N-dealkylation sites (tertiary alicyclic amines) is 1. The van der Waals surface area contributed by atoms with Crippen molar-refractivity contribution in [3.63, 3.8) is 0 Å². The average molecular weight is 360 g/mol. The van der Waals surface area contributed by atoms with E-state index in [1.54, 1.807) is 0 Å². The summed E-state index contributed by atoms with van der Waals surface area (Å²) in [4.78, 5) is 27.1. The zero-order valence-corrected chi connectivity index (χ0v) is 16.5. The highest BCUT2D eigenvalue weighted by atomic mass is 28.4. The molecule has 1 saturated heterocycles. The second-order valence-corrected chi connectivity index (χ2v) is 12.0. The maximum Gasteiger partial charge on any atom is 0.260 e. The summed E-state index contributed by atoms with van der Waals surface area (Å²) in [6.07, 6.45) is 2.42. The second-order valence-electron chi connectivity index (χ2n) is 7.31. The Hall–Kier alpha value is -1.46. The lowest BCUT2D eigenvalue weighted by atomic mass is 9.81. The Labute approximate surface area is 151 Å². The van der Waals surface area contributed by atoms with Crippen LogP contribution in [-0.2, 0) is 14.0 Å². The molecule has 1 aromatic carbocycles. The predicted octanol–water partition coefficient (Wildman–Crippen LogP) is 4.29. The summed E-state index contributed by atoms with van der Waals surface area (Å²) in [5.74, 6) is -0.0960. The van der Waals surface area contributed by atoms with Crippen LogP contribution in [0.4, 0.5) is 0 Å². The molecule has 25 heavy (non-hydrogen) atoms. The average Bonchev–Trinajstić information content (AvgIpc) is 2.60. The lowest BCUT2D eigenvalue weighted by Gasteiger charge is -2.50. The normalized spacial score (nSPS) is 24.0. The Morgan fingerprint density at radius 2 is 1.72 bits per heavy atom. The lowest BCUT2D eigenvalue weighted by molar-refractivity contribution is -0.176. The number of imide groups is 1. The molecule has 1 heterocycles. The Balaban J connectivity index is 1.87. The topological polar surface area (TPSA) is 46.6 Å². The van der Waals surface area contributed by atoms with E-state index in [0.717, 1.165) is 43.0 Å². The number of hydrogen-bond acceptors (Lipinski definition) is 3. The van der Waals surface area contributed by atoms with Crippen LogP contribution in [0, 0.1) is 5.92 Å². The van der Waals surface area contributed by atoms with Crippen molar-refractivity contribution in [2.45, 2.75) is 70.3 Å². The van der Waals surface area contributed by atoms with Crippen LogP contribution in [0.1, 0.15) is 51.6 Å². The first kappa shape index (κ1) is 18.3. The minimum atomic E-state index is -1.91. The van der Waals surface area contributed by atoms with E-state index in [9.17, 15) is 9.59 Å². The molecule has 2 atom stereocenters. The third-order valence-corrected chi connectivity index (χ3v) is 10.8. The number of carbonyl (C=O) groups is 2. The number of nitrogens with zero attached hydrogens (tertiary/aromatic N) is 1. The molecule has 0 spiro atoms. The van der Waals surface area contributed by atoms with Gasteiger partial charge in [0, 0.05) is 5.92 Å². The van der Waals surface area contributed by atoms with E-state index >= 15 is 0 Å². The molecule has 0 N–H and O–H groups in total. The van der Waals surface area contributed by atoms with Crippen molar-refractivity contribution in [2.75, 3.05) is 0 Å². The zero-order valence-electron chi connectivity index (χ0n) is 15.5. The number of amides is 2. The fourth-order valence-corrected chi connectivity index (χ4v) is 6.69. The van der Waals surface area contributed by atoms with Crippen LogP contribution in [-0.4, -0.2) is 31.1 Å². The van der Waals surface area contributed by atoms with Crippen molar-refractivity contribution in [1.82, 2.24) is 4.90 Å². The number of hydrogen-bond donors (Lipinski definition) is 0. The van der Waals surface area contributed by atoms with Crippen LogP contribution in [0.5, 0.6) is 0 Å². The first-order valence-electron chi connectivity index (χ1n) is 9.66. The molecule has 2 aliphatic rings. The molecular weight excluding hydrogens is 330 g/mol. The molecule has 0 aromatic heterocycles. The molecule has 0 radical (unpaired) electrons. The van der Waals surface area contributed by atoms with E-state index in [2.05, 4.69) is 20.8 Å². The quantitative estimate of drug-likeness (QED) is 0.414. The van der Waals surface area contributed by atoms with Gasteiger partial charge in [-0.25, -0.2) is 0 Å². The SMILES string of the molecule is CC[Si](CC)(CC)OC1C(=O)N(C(=O)C2CCC2)C1c1ccccc1. The van der Waals surface area contributed by atoms with Gasteiger partial charge in [-0.15, -0.1) is 0 Å². The molecule has 1 saturated carbocycles. The highest BCUT2D eigenvalue weighted by Crippen LogP contribution is 2.43. The minimum absolute atomic E-state index is 0.00159. The van der Waals surface area contributed by atoms with Gasteiger partial charge in [-0.05, 0) is 36.5 Å². The van der Waals surface area contributed by atoms with E-state index < -0.39 is 14.4 Å². The number of rotatable bonds is 7. The molecule has 5 heteroatoms. The van der Waals surface area contributed by atoms with Crippen LogP contribution < -0.4 is 0 Å². The summed E-state index contributed by atoms with van der Waals surface area (Å²) >= 11 is 0. The summed E-state index contributed by atoms with van der Waals surface area (Å²) in [6.45, 7) is 6.49. The smallest absolute Gasteiger partial charge is 0.260 e.